The maximum atomic E-state index is 5.16. The SMILES string of the molecule is COc1ccc2sc(NC(C)C)nc2c1. The van der Waals surface area contributed by atoms with Crippen molar-refractivity contribution in [3.63, 3.8) is 0 Å². The Balaban J connectivity index is 2.37. The van der Waals surface area contributed by atoms with Crippen molar-refractivity contribution in [3.05, 3.63) is 18.2 Å². The van der Waals surface area contributed by atoms with Crippen molar-refractivity contribution in [2.75, 3.05) is 12.4 Å². The molecule has 0 amide bonds. The van der Waals surface area contributed by atoms with Gasteiger partial charge >= 0.3 is 0 Å². The highest BCUT2D eigenvalue weighted by atomic mass is 32.1. The van der Waals surface area contributed by atoms with E-state index in [1.54, 1.807) is 18.4 Å². The molecule has 0 saturated heterocycles. The van der Waals surface area contributed by atoms with Gasteiger partial charge in [0.15, 0.2) is 5.13 Å². The second-order valence-corrected chi connectivity index (χ2v) is 4.68. The zero-order valence-electron chi connectivity index (χ0n) is 9.07. The van der Waals surface area contributed by atoms with Crippen LogP contribution in [0.3, 0.4) is 0 Å². The van der Waals surface area contributed by atoms with Crippen LogP contribution < -0.4 is 10.1 Å². The quantitative estimate of drug-likeness (QED) is 0.866. The molecule has 4 heteroatoms. The van der Waals surface area contributed by atoms with E-state index in [9.17, 15) is 0 Å². The second-order valence-electron chi connectivity index (χ2n) is 3.65. The number of aromatic nitrogens is 1. The van der Waals surface area contributed by atoms with Crippen LogP contribution in [-0.2, 0) is 0 Å². The number of rotatable bonds is 3. The topological polar surface area (TPSA) is 34.1 Å². The van der Waals surface area contributed by atoms with Gasteiger partial charge in [0.2, 0.25) is 0 Å². The van der Waals surface area contributed by atoms with Crippen LogP contribution in [0.25, 0.3) is 10.2 Å². The third kappa shape index (κ3) is 2.21. The highest BCUT2D eigenvalue weighted by Crippen LogP contribution is 2.28. The average Bonchev–Trinajstić information content (AvgIpc) is 2.57. The predicted octanol–water partition coefficient (Wildman–Crippen LogP) is 3.13. The van der Waals surface area contributed by atoms with Gasteiger partial charge in [0.25, 0.3) is 0 Å². The largest absolute Gasteiger partial charge is 0.497 e. The summed E-state index contributed by atoms with van der Waals surface area (Å²) in [4.78, 5) is 4.49. The van der Waals surface area contributed by atoms with Crippen molar-refractivity contribution in [3.8, 4) is 5.75 Å². The zero-order valence-corrected chi connectivity index (χ0v) is 9.89. The lowest BCUT2D eigenvalue weighted by atomic mass is 10.3. The molecule has 0 unspecified atom stereocenters. The number of benzene rings is 1. The van der Waals surface area contributed by atoms with Crippen LogP contribution in [0.5, 0.6) is 5.75 Å². The zero-order chi connectivity index (χ0) is 10.8. The van der Waals surface area contributed by atoms with Gasteiger partial charge in [-0.05, 0) is 26.0 Å². The lowest BCUT2D eigenvalue weighted by Gasteiger charge is -2.03. The van der Waals surface area contributed by atoms with Gasteiger partial charge in [-0.25, -0.2) is 4.98 Å². The normalized spacial score (nSPS) is 10.9. The lowest BCUT2D eigenvalue weighted by molar-refractivity contribution is 0.415. The number of nitrogens with one attached hydrogen (secondary N) is 1. The summed E-state index contributed by atoms with van der Waals surface area (Å²) < 4.78 is 6.34. The molecule has 1 N–H and O–H groups in total. The fourth-order valence-corrected chi connectivity index (χ4v) is 2.34. The molecule has 0 bridgehead atoms. The minimum absolute atomic E-state index is 0.410. The Bertz CT molecular complexity index is 465. The van der Waals surface area contributed by atoms with Gasteiger partial charge in [0, 0.05) is 12.1 Å². The number of nitrogens with zero attached hydrogens (tertiary/aromatic N) is 1. The van der Waals surface area contributed by atoms with E-state index in [2.05, 4.69) is 24.1 Å². The highest BCUT2D eigenvalue weighted by molar-refractivity contribution is 7.22. The molecule has 0 aliphatic rings. The summed E-state index contributed by atoms with van der Waals surface area (Å²) in [5.74, 6) is 0.851. The van der Waals surface area contributed by atoms with Crippen molar-refractivity contribution in [2.45, 2.75) is 19.9 Å². The molecule has 0 saturated carbocycles. The molecule has 15 heavy (non-hydrogen) atoms. The second kappa shape index (κ2) is 4.06. The minimum atomic E-state index is 0.410. The molecule has 0 spiro atoms. The summed E-state index contributed by atoms with van der Waals surface area (Å²) in [6.07, 6.45) is 0. The van der Waals surface area contributed by atoms with Crippen LogP contribution in [0, 0.1) is 0 Å². The summed E-state index contributed by atoms with van der Waals surface area (Å²) in [6.45, 7) is 4.21. The Morgan fingerprint density at radius 2 is 2.20 bits per heavy atom. The fraction of sp³-hybridized carbons (Fsp3) is 0.364. The molecule has 0 radical (unpaired) electrons. The molecule has 80 valence electrons. The molecule has 0 aliphatic carbocycles. The van der Waals surface area contributed by atoms with Crippen molar-refractivity contribution in [2.24, 2.45) is 0 Å². The monoisotopic (exact) mass is 222 g/mol. The van der Waals surface area contributed by atoms with Crippen LogP contribution in [0.15, 0.2) is 18.2 Å². The molecular formula is C11H14N2OS. The highest BCUT2D eigenvalue weighted by Gasteiger charge is 2.05. The van der Waals surface area contributed by atoms with Gasteiger partial charge in [0.05, 0.1) is 17.3 Å². The van der Waals surface area contributed by atoms with E-state index in [0.717, 1.165) is 16.4 Å². The molecule has 1 aromatic carbocycles. The minimum Gasteiger partial charge on any atom is -0.497 e. The smallest absolute Gasteiger partial charge is 0.183 e. The van der Waals surface area contributed by atoms with Crippen molar-refractivity contribution in [1.82, 2.24) is 4.98 Å². The molecule has 3 nitrogen and oxygen atoms in total. The van der Waals surface area contributed by atoms with Crippen LogP contribution in [-0.4, -0.2) is 18.1 Å². The standard InChI is InChI=1S/C11H14N2OS/c1-7(2)12-11-13-9-6-8(14-3)4-5-10(9)15-11/h4-7H,1-3H3,(H,12,13). The van der Waals surface area contributed by atoms with Gasteiger partial charge in [0.1, 0.15) is 5.75 Å². The Morgan fingerprint density at radius 1 is 1.40 bits per heavy atom. The third-order valence-electron chi connectivity index (χ3n) is 2.01. The van der Waals surface area contributed by atoms with E-state index in [-0.39, 0.29) is 0 Å². The average molecular weight is 222 g/mol. The van der Waals surface area contributed by atoms with Crippen LogP contribution in [0.4, 0.5) is 5.13 Å². The summed E-state index contributed by atoms with van der Waals surface area (Å²) in [5, 5.41) is 4.26. The van der Waals surface area contributed by atoms with Crippen LogP contribution in [0.1, 0.15) is 13.8 Å². The van der Waals surface area contributed by atoms with Crippen LogP contribution >= 0.6 is 11.3 Å². The molecule has 1 aromatic heterocycles. The third-order valence-corrected chi connectivity index (χ3v) is 2.97. The van der Waals surface area contributed by atoms with E-state index < -0.39 is 0 Å². The van der Waals surface area contributed by atoms with Gasteiger partial charge < -0.3 is 10.1 Å². The lowest BCUT2D eigenvalue weighted by Crippen LogP contribution is -2.08. The Hall–Kier alpha value is -1.29. The first-order valence-corrected chi connectivity index (χ1v) is 5.72. The predicted molar refractivity (Wildman–Crippen MR) is 64.9 cm³/mol. The first-order valence-electron chi connectivity index (χ1n) is 4.90. The maximum absolute atomic E-state index is 5.16. The van der Waals surface area contributed by atoms with Crippen molar-refractivity contribution < 1.29 is 4.74 Å². The molecule has 0 atom stereocenters. The van der Waals surface area contributed by atoms with Gasteiger partial charge in [-0.1, -0.05) is 11.3 Å². The van der Waals surface area contributed by atoms with E-state index in [1.165, 1.54) is 4.70 Å². The summed E-state index contributed by atoms with van der Waals surface area (Å²) >= 11 is 1.67. The van der Waals surface area contributed by atoms with E-state index in [4.69, 9.17) is 4.74 Å². The van der Waals surface area contributed by atoms with Crippen molar-refractivity contribution >= 4 is 26.7 Å². The molecular weight excluding hydrogens is 208 g/mol. The molecule has 0 fully saturated rings. The molecule has 0 aliphatic heterocycles. The van der Waals surface area contributed by atoms with E-state index >= 15 is 0 Å². The fourth-order valence-electron chi connectivity index (χ4n) is 1.34. The number of ether oxygens (including phenoxy) is 1. The first-order chi connectivity index (χ1) is 7.19. The maximum Gasteiger partial charge on any atom is 0.183 e. The number of hydrogen-bond donors (Lipinski definition) is 1. The summed E-state index contributed by atoms with van der Waals surface area (Å²) in [6, 6.07) is 6.36. The van der Waals surface area contributed by atoms with Gasteiger partial charge in [-0.3, -0.25) is 0 Å². The van der Waals surface area contributed by atoms with Gasteiger partial charge in [-0.15, -0.1) is 0 Å². The van der Waals surface area contributed by atoms with E-state index in [1.807, 2.05) is 18.2 Å². The van der Waals surface area contributed by atoms with Gasteiger partial charge in [-0.2, -0.15) is 0 Å². The molecule has 2 aromatic rings. The number of hydrogen-bond acceptors (Lipinski definition) is 4. The number of thiazole rings is 1. The van der Waals surface area contributed by atoms with Crippen LogP contribution in [0.2, 0.25) is 0 Å². The number of anilines is 1. The number of fused-ring (bicyclic) bond motifs is 1. The molecule has 2 rings (SSSR count). The number of methoxy groups -OCH3 is 1. The summed E-state index contributed by atoms with van der Waals surface area (Å²) in [7, 11) is 1.67. The van der Waals surface area contributed by atoms with Crippen molar-refractivity contribution in [1.29, 1.82) is 0 Å². The Kier molecular flexibility index (Phi) is 2.77. The van der Waals surface area contributed by atoms with E-state index in [0.29, 0.717) is 6.04 Å². The Morgan fingerprint density at radius 3 is 2.87 bits per heavy atom. The Labute approximate surface area is 93.1 Å². The summed E-state index contributed by atoms with van der Waals surface area (Å²) in [5.41, 5.74) is 0.988. The molecule has 1 heterocycles. The first kappa shape index (κ1) is 10.2.